The first kappa shape index (κ1) is 15.7. The molecular formula is C18H13N5S2. The second-order valence-corrected chi connectivity index (χ2v) is 7.59. The SMILES string of the molecule is Cc1cn2c(/C=C(/C#N)c3nc(-c4ccncc4)cs3)c(C)nc2s1. The predicted octanol–water partition coefficient (Wildman–Crippen LogP) is 4.60. The zero-order valence-corrected chi connectivity index (χ0v) is 15.2. The molecule has 25 heavy (non-hydrogen) atoms. The zero-order chi connectivity index (χ0) is 17.4. The smallest absolute Gasteiger partial charge is 0.194 e. The quantitative estimate of drug-likeness (QED) is 0.499. The highest BCUT2D eigenvalue weighted by Gasteiger charge is 2.13. The number of allylic oxidation sites excluding steroid dienone is 1. The summed E-state index contributed by atoms with van der Waals surface area (Å²) in [7, 11) is 0. The van der Waals surface area contributed by atoms with E-state index in [1.54, 1.807) is 23.7 Å². The molecule has 4 aromatic rings. The van der Waals surface area contributed by atoms with Gasteiger partial charge in [0.05, 0.1) is 22.7 Å². The molecule has 0 radical (unpaired) electrons. The number of hydrogen-bond acceptors (Lipinski definition) is 6. The number of nitrogens with zero attached hydrogens (tertiary/aromatic N) is 5. The topological polar surface area (TPSA) is 66.9 Å². The Morgan fingerprint density at radius 2 is 2.04 bits per heavy atom. The first-order chi connectivity index (χ1) is 12.2. The van der Waals surface area contributed by atoms with Gasteiger partial charge in [-0.25, -0.2) is 9.97 Å². The number of imidazole rings is 1. The summed E-state index contributed by atoms with van der Waals surface area (Å²) >= 11 is 3.11. The lowest BCUT2D eigenvalue weighted by molar-refractivity contribution is 1.18. The summed E-state index contributed by atoms with van der Waals surface area (Å²) in [6, 6.07) is 6.10. The summed E-state index contributed by atoms with van der Waals surface area (Å²) in [4.78, 5) is 15.3. The Bertz CT molecular complexity index is 1130. The van der Waals surface area contributed by atoms with Crippen molar-refractivity contribution in [3.63, 3.8) is 0 Å². The van der Waals surface area contributed by atoms with Crippen molar-refractivity contribution >= 4 is 39.3 Å². The van der Waals surface area contributed by atoms with Crippen LogP contribution in [-0.4, -0.2) is 19.4 Å². The Morgan fingerprint density at radius 3 is 2.80 bits per heavy atom. The number of thiazole rings is 2. The van der Waals surface area contributed by atoms with Crippen LogP contribution in [-0.2, 0) is 0 Å². The van der Waals surface area contributed by atoms with E-state index in [4.69, 9.17) is 0 Å². The number of pyridine rings is 1. The monoisotopic (exact) mass is 363 g/mol. The second kappa shape index (κ2) is 6.24. The highest BCUT2D eigenvalue weighted by atomic mass is 32.1. The minimum Gasteiger partial charge on any atom is -0.290 e. The summed E-state index contributed by atoms with van der Waals surface area (Å²) in [6.45, 7) is 4.01. The third-order valence-corrected chi connectivity index (χ3v) is 5.55. The average molecular weight is 363 g/mol. The molecule has 0 aliphatic heterocycles. The Labute approximate surface area is 152 Å². The summed E-state index contributed by atoms with van der Waals surface area (Å²) in [5, 5.41) is 12.3. The van der Waals surface area contributed by atoms with Gasteiger partial charge in [-0.05, 0) is 32.1 Å². The van der Waals surface area contributed by atoms with Crippen LogP contribution in [0.25, 0.3) is 27.9 Å². The molecule has 0 aromatic carbocycles. The van der Waals surface area contributed by atoms with E-state index in [1.807, 2.05) is 41.1 Å². The van der Waals surface area contributed by atoms with Gasteiger partial charge in [-0.2, -0.15) is 5.26 Å². The Kier molecular flexibility index (Phi) is 3.92. The molecule has 122 valence electrons. The molecule has 0 unspecified atom stereocenters. The van der Waals surface area contributed by atoms with Crippen LogP contribution < -0.4 is 0 Å². The lowest BCUT2D eigenvalue weighted by Crippen LogP contribution is -1.88. The molecular weight excluding hydrogens is 350 g/mol. The first-order valence-electron chi connectivity index (χ1n) is 7.59. The molecule has 0 N–H and O–H groups in total. The molecule has 0 saturated carbocycles. The van der Waals surface area contributed by atoms with Gasteiger partial charge in [0.2, 0.25) is 0 Å². The van der Waals surface area contributed by atoms with Crippen LogP contribution in [0.2, 0.25) is 0 Å². The van der Waals surface area contributed by atoms with Crippen molar-refractivity contribution < 1.29 is 0 Å². The summed E-state index contributed by atoms with van der Waals surface area (Å²) in [5.41, 5.74) is 4.22. The van der Waals surface area contributed by atoms with Crippen molar-refractivity contribution in [1.29, 1.82) is 5.26 Å². The van der Waals surface area contributed by atoms with Crippen LogP contribution in [0.3, 0.4) is 0 Å². The van der Waals surface area contributed by atoms with Crippen LogP contribution in [0.5, 0.6) is 0 Å². The molecule has 0 saturated heterocycles. The van der Waals surface area contributed by atoms with Crippen LogP contribution in [0.4, 0.5) is 0 Å². The van der Waals surface area contributed by atoms with Gasteiger partial charge < -0.3 is 0 Å². The average Bonchev–Trinajstić information content (AvgIpc) is 3.29. The molecule has 0 bridgehead atoms. The maximum absolute atomic E-state index is 9.64. The standard InChI is InChI=1S/C18H13N5S2/c1-11-9-23-16(12(2)21-18(23)25-11)7-14(8-19)17-22-15(10-24-17)13-3-5-20-6-4-13/h3-7,9-10H,1-2H3/b14-7-. The van der Waals surface area contributed by atoms with Crippen LogP contribution >= 0.6 is 22.7 Å². The number of hydrogen-bond donors (Lipinski definition) is 0. The first-order valence-corrected chi connectivity index (χ1v) is 9.28. The van der Waals surface area contributed by atoms with E-state index in [9.17, 15) is 5.26 Å². The van der Waals surface area contributed by atoms with Crippen LogP contribution in [0, 0.1) is 25.2 Å². The van der Waals surface area contributed by atoms with E-state index in [0.717, 1.165) is 27.6 Å². The van der Waals surface area contributed by atoms with Crippen molar-refractivity contribution in [2.24, 2.45) is 0 Å². The van der Waals surface area contributed by atoms with E-state index in [2.05, 4.69) is 27.9 Å². The number of aromatic nitrogens is 4. The van der Waals surface area contributed by atoms with Gasteiger partial charge >= 0.3 is 0 Å². The minimum atomic E-state index is 0.541. The number of nitriles is 1. The molecule has 5 nitrogen and oxygen atoms in total. The van der Waals surface area contributed by atoms with Crippen LogP contribution in [0.15, 0.2) is 36.1 Å². The molecule has 4 heterocycles. The molecule has 4 rings (SSSR count). The van der Waals surface area contributed by atoms with E-state index in [1.165, 1.54) is 16.2 Å². The van der Waals surface area contributed by atoms with Gasteiger partial charge in [0.1, 0.15) is 11.1 Å². The molecule has 0 spiro atoms. The van der Waals surface area contributed by atoms with Gasteiger partial charge in [-0.15, -0.1) is 22.7 Å². The van der Waals surface area contributed by atoms with E-state index in [-0.39, 0.29) is 0 Å². The summed E-state index contributed by atoms with van der Waals surface area (Å²) in [6.07, 6.45) is 7.39. The Hall–Kier alpha value is -2.82. The second-order valence-electron chi connectivity index (χ2n) is 5.52. The van der Waals surface area contributed by atoms with Crippen molar-refractivity contribution in [2.75, 3.05) is 0 Å². The Morgan fingerprint density at radius 1 is 1.24 bits per heavy atom. The fraction of sp³-hybridized carbons (Fsp3) is 0.111. The van der Waals surface area contributed by atoms with E-state index in [0.29, 0.717) is 10.6 Å². The molecule has 7 heteroatoms. The molecule has 0 fully saturated rings. The zero-order valence-electron chi connectivity index (χ0n) is 13.6. The van der Waals surface area contributed by atoms with Gasteiger partial charge in [0, 0.05) is 34.4 Å². The van der Waals surface area contributed by atoms with Crippen molar-refractivity contribution in [2.45, 2.75) is 13.8 Å². The number of rotatable bonds is 3. The maximum atomic E-state index is 9.64. The van der Waals surface area contributed by atoms with Crippen molar-refractivity contribution in [1.82, 2.24) is 19.4 Å². The number of aryl methyl sites for hydroxylation is 2. The lowest BCUT2D eigenvalue weighted by Gasteiger charge is -1.97. The molecule has 0 atom stereocenters. The van der Waals surface area contributed by atoms with Crippen molar-refractivity contribution in [3.8, 4) is 17.3 Å². The largest absolute Gasteiger partial charge is 0.290 e. The summed E-state index contributed by atoms with van der Waals surface area (Å²) < 4.78 is 2.03. The molecule has 4 aromatic heterocycles. The van der Waals surface area contributed by atoms with Crippen LogP contribution in [0.1, 0.15) is 21.3 Å². The van der Waals surface area contributed by atoms with Gasteiger partial charge in [-0.1, -0.05) is 0 Å². The molecule has 0 amide bonds. The van der Waals surface area contributed by atoms with E-state index < -0.39 is 0 Å². The van der Waals surface area contributed by atoms with Gasteiger partial charge in [0.25, 0.3) is 0 Å². The number of fused-ring (bicyclic) bond motifs is 1. The maximum Gasteiger partial charge on any atom is 0.194 e. The Balaban J connectivity index is 1.78. The summed E-state index contributed by atoms with van der Waals surface area (Å²) in [5.74, 6) is 0. The third kappa shape index (κ3) is 2.86. The fourth-order valence-electron chi connectivity index (χ4n) is 2.59. The van der Waals surface area contributed by atoms with E-state index >= 15 is 0 Å². The van der Waals surface area contributed by atoms with Gasteiger partial charge in [-0.3, -0.25) is 9.38 Å². The highest BCUT2D eigenvalue weighted by Crippen LogP contribution is 2.28. The fourth-order valence-corrected chi connectivity index (χ4v) is 4.26. The predicted molar refractivity (Wildman–Crippen MR) is 101 cm³/mol. The highest BCUT2D eigenvalue weighted by molar-refractivity contribution is 7.17. The minimum absolute atomic E-state index is 0.541. The third-order valence-electron chi connectivity index (χ3n) is 3.78. The molecule has 0 aliphatic carbocycles. The van der Waals surface area contributed by atoms with Crippen molar-refractivity contribution in [3.05, 3.63) is 57.4 Å². The lowest BCUT2D eigenvalue weighted by atomic mass is 10.2. The van der Waals surface area contributed by atoms with Gasteiger partial charge in [0.15, 0.2) is 4.96 Å². The normalized spacial score (nSPS) is 11.8. The molecule has 0 aliphatic rings.